The van der Waals surface area contributed by atoms with Crippen LogP contribution < -0.4 is 10.3 Å². The van der Waals surface area contributed by atoms with Gasteiger partial charge < -0.3 is 4.74 Å². The summed E-state index contributed by atoms with van der Waals surface area (Å²) >= 11 is 1.75. The minimum atomic E-state index is 0.0517. The van der Waals surface area contributed by atoms with E-state index in [1.807, 2.05) is 26.0 Å². The summed E-state index contributed by atoms with van der Waals surface area (Å²) in [6, 6.07) is 9.62. The van der Waals surface area contributed by atoms with Crippen molar-refractivity contribution in [3.63, 3.8) is 0 Å². The molecule has 1 aromatic carbocycles. The fourth-order valence-electron chi connectivity index (χ4n) is 4.58. The van der Waals surface area contributed by atoms with Crippen LogP contribution in [0.3, 0.4) is 0 Å². The molecule has 0 amide bonds. The maximum atomic E-state index is 12.7. The number of rotatable bonds is 7. The van der Waals surface area contributed by atoms with Crippen molar-refractivity contribution in [1.29, 1.82) is 0 Å². The van der Waals surface area contributed by atoms with E-state index in [-0.39, 0.29) is 11.6 Å². The molecule has 0 aliphatic carbocycles. The second-order valence-electron chi connectivity index (χ2n) is 8.84. The molecule has 1 saturated heterocycles. The standard InChI is InChI=1S/C24H33N3O2S/c1-16(2)27-24(28)21-12-15-30-23(21)22(25-27)19-8-10-20(11-9-19)29-14-5-13-26-17(3)6-7-18(26)4/h8-11,16-18H,5-7,12-15H2,1-4H3. The maximum absolute atomic E-state index is 12.7. The SMILES string of the molecule is CC1CCC(C)N1CCCOc1ccc(-c2nn(C(C)C)c(=O)c3c2SCC3)cc1. The number of hydrogen-bond acceptors (Lipinski definition) is 5. The molecule has 0 saturated carbocycles. The van der Waals surface area contributed by atoms with Crippen LogP contribution in [-0.4, -0.2) is 45.7 Å². The van der Waals surface area contributed by atoms with Crippen molar-refractivity contribution >= 4 is 11.8 Å². The molecule has 4 rings (SSSR count). The topological polar surface area (TPSA) is 47.4 Å². The Balaban J connectivity index is 1.42. The summed E-state index contributed by atoms with van der Waals surface area (Å²) < 4.78 is 7.62. The van der Waals surface area contributed by atoms with Gasteiger partial charge in [0.05, 0.1) is 12.6 Å². The molecule has 2 aromatic rings. The third kappa shape index (κ3) is 4.30. The van der Waals surface area contributed by atoms with Crippen molar-refractivity contribution in [3.8, 4) is 17.0 Å². The zero-order valence-electron chi connectivity index (χ0n) is 18.6. The van der Waals surface area contributed by atoms with Gasteiger partial charge in [0, 0.05) is 40.4 Å². The van der Waals surface area contributed by atoms with Gasteiger partial charge in [-0.1, -0.05) is 0 Å². The van der Waals surface area contributed by atoms with Gasteiger partial charge >= 0.3 is 0 Å². The lowest BCUT2D eigenvalue weighted by Gasteiger charge is -2.25. The lowest BCUT2D eigenvalue weighted by Crippen LogP contribution is -2.34. The first-order valence-corrected chi connectivity index (χ1v) is 12.2. The maximum Gasteiger partial charge on any atom is 0.271 e. The third-order valence-electron chi connectivity index (χ3n) is 6.34. The van der Waals surface area contributed by atoms with Crippen LogP contribution >= 0.6 is 11.8 Å². The second-order valence-corrected chi connectivity index (χ2v) is 9.94. The Labute approximate surface area is 183 Å². The largest absolute Gasteiger partial charge is 0.494 e. The number of aromatic nitrogens is 2. The van der Waals surface area contributed by atoms with Crippen molar-refractivity contribution in [3.05, 3.63) is 40.2 Å². The first-order chi connectivity index (χ1) is 14.5. The smallest absolute Gasteiger partial charge is 0.271 e. The van der Waals surface area contributed by atoms with Gasteiger partial charge in [-0.2, -0.15) is 5.10 Å². The molecule has 5 nitrogen and oxygen atoms in total. The van der Waals surface area contributed by atoms with Gasteiger partial charge in [-0.25, -0.2) is 4.68 Å². The van der Waals surface area contributed by atoms with Crippen LogP contribution in [0.4, 0.5) is 0 Å². The lowest BCUT2D eigenvalue weighted by atomic mass is 10.1. The van der Waals surface area contributed by atoms with Crippen molar-refractivity contribution < 1.29 is 4.74 Å². The van der Waals surface area contributed by atoms with E-state index >= 15 is 0 Å². The van der Waals surface area contributed by atoms with Crippen LogP contribution in [0, 0.1) is 0 Å². The third-order valence-corrected chi connectivity index (χ3v) is 7.48. The molecular weight excluding hydrogens is 394 g/mol. The van der Waals surface area contributed by atoms with Gasteiger partial charge in [0.15, 0.2) is 0 Å². The van der Waals surface area contributed by atoms with Gasteiger partial charge in [-0.15, -0.1) is 11.8 Å². The highest BCUT2D eigenvalue weighted by molar-refractivity contribution is 7.99. The van der Waals surface area contributed by atoms with E-state index in [2.05, 4.69) is 30.9 Å². The molecule has 2 atom stereocenters. The summed E-state index contributed by atoms with van der Waals surface area (Å²) in [6.07, 6.45) is 4.49. The first-order valence-electron chi connectivity index (χ1n) is 11.2. The van der Waals surface area contributed by atoms with Gasteiger partial charge in [0.2, 0.25) is 0 Å². The summed E-state index contributed by atoms with van der Waals surface area (Å²) in [6.45, 7) is 10.5. The van der Waals surface area contributed by atoms with Gasteiger partial charge in [0.25, 0.3) is 5.56 Å². The quantitative estimate of drug-likeness (QED) is 0.595. The van der Waals surface area contributed by atoms with Crippen LogP contribution in [0.15, 0.2) is 34.0 Å². The fraction of sp³-hybridized carbons (Fsp3) is 0.583. The highest BCUT2D eigenvalue weighted by Gasteiger charge is 2.26. The number of fused-ring (bicyclic) bond motifs is 1. The summed E-state index contributed by atoms with van der Waals surface area (Å²) in [5, 5.41) is 4.71. The van der Waals surface area contributed by atoms with Crippen molar-refractivity contribution in [2.24, 2.45) is 0 Å². The monoisotopic (exact) mass is 427 g/mol. The van der Waals surface area contributed by atoms with Crippen LogP contribution in [-0.2, 0) is 6.42 Å². The van der Waals surface area contributed by atoms with E-state index in [1.165, 1.54) is 12.8 Å². The van der Waals surface area contributed by atoms with Gasteiger partial charge in [-0.3, -0.25) is 9.69 Å². The fourth-order valence-corrected chi connectivity index (χ4v) is 5.75. The van der Waals surface area contributed by atoms with E-state index < -0.39 is 0 Å². The summed E-state index contributed by atoms with van der Waals surface area (Å²) in [7, 11) is 0. The van der Waals surface area contributed by atoms with Crippen LogP contribution in [0.2, 0.25) is 0 Å². The van der Waals surface area contributed by atoms with Crippen LogP contribution in [0.25, 0.3) is 11.3 Å². The Morgan fingerprint density at radius 3 is 2.53 bits per heavy atom. The Morgan fingerprint density at radius 1 is 1.17 bits per heavy atom. The molecule has 2 aliphatic rings. The molecular formula is C24H33N3O2S. The first kappa shape index (κ1) is 21.4. The zero-order valence-corrected chi connectivity index (χ0v) is 19.4. The average molecular weight is 428 g/mol. The van der Waals surface area contributed by atoms with E-state index in [0.29, 0.717) is 12.1 Å². The van der Waals surface area contributed by atoms with E-state index in [4.69, 9.17) is 9.84 Å². The molecule has 6 heteroatoms. The number of ether oxygens (including phenoxy) is 1. The Morgan fingerprint density at radius 2 is 1.87 bits per heavy atom. The number of likely N-dealkylation sites (tertiary alicyclic amines) is 1. The molecule has 1 aromatic heterocycles. The molecule has 30 heavy (non-hydrogen) atoms. The van der Waals surface area contributed by atoms with Crippen molar-refractivity contribution in [2.45, 2.75) is 76.4 Å². The summed E-state index contributed by atoms with van der Waals surface area (Å²) in [5.41, 5.74) is 2.95. The van der Waals surface area contributed by atoms with Crippen LogP contribution in [0.1, 0.15) is 58.6 Å². The molecule has 2 unspecified atom stereocenters. The van der Waals surface area contributed by atoms with Crippen molar-refractivity contribution in [2.75, 3.05) is 18.9 Å². The van der Waals surface area contributed by atoms with E-state index in [9.17, 15) is 4.79 Å². The highest BCUT2D eigenvalue weighted by Crippen LogP contribution is 2.37. The van der Waals surface area contributed by atoms with E-state index in [0.717, 1.165) is 59.2 Å². The molecule has 162 valence electrons. The van der Waals surface area contributed by atoms with E-state index in [1.54, 1.807) is 16.4 Å². The molecule has 3 heterocycles. The molecule has 0 bridgehead atoms. The average Bonchev–Trinajstić information content (AvgIpc) is 3.34. The van der Waals surface area contributed by atoms with Crippen molar-refractivity contribution in [1.82, 2.24) is 14.7 Å². The Hall–Kier alpha value is -1.79. The predicted molar refractivity (Wildman–Crippen MR) is 124 cm³/mol. The Kier molecular flexibility index (Phi) is 6.54. The van der Waals surface area contributed by atoms with Gasteiger partial charge in [0.1, 0.15) is 11.4 Å². The molecule has 2 aliphatic heterocycles. The normalized spacial score (nSPS) is 21.4. The van der Waals surface area contributed by atoms with Gasteiger partial charge in [-0.05, 0) is 77.6 Å². The number of thioether (sulfide) groups is 1. The predicted octanol–water partition coefficient (Wildman–Crippen LogP) is 4.78. The number of benzene rings is 1. The highest BCUT2D eigenvalue weighted by atomic mass is 32.2. The lowest BCUT2D eigenvalue weighted by molar-refractivity contribution is 0.191. The number of nitrogens with zero attached hydrogens (tertiary/aromatic N) is 3. The molecule has 0 radical (unpaired) electrons. The second kappa shape index (κ2) is 9.15. The minimum Gasteiger partial charge on any atom is -0.494 e. The Bertz CT molecular complexity index is 929. The zero-order chi connectivity index (χ0) is 21.3. The molecule has 0 spiro atoms. The molecule has 0 N–H and O–H groups in total. The molecule has 1 fully saturated rings. The van der Waals surface area contributed by atoms with Crippen LogP contribution in [0.5, 0.6) is 5.75 Å². The summed E-state index contributed by atoms with van der Waals surface area (Å²) in [5.74, 6) is 1.85. The number of hydrogen-bond donors (Lipinski definition) is 0. The summed E-state index contributed by atoms with van der Waals surface area (Å²) in [4.78, 5) is 16.3. The minimum absolute atomic E-state index is 0.0517.